The maximum atomic E-state index is 12.9. The van der Waals surface area contributed by atoms with Gasteiger partial charge in [0.05, 0.1) is 12.9 Å². The molecule has 0 aliphatic heterocycles. The third-order valence-electron chi connectivity index (χ3n) is 6.11. The zero-order chi connectivity index (χ0) is 26.1. The van der Waals surface area contributed by atoms with Crippen LogP contribution in [0.1, 0.15) is 18.4 Å². The molecule has 3 N–H and O–H groups in total. The Balaban J connectivity index is 1.53. The van der Waals surface area contributed by atoms with Crippen LogP contribution in [0.25, 0.3) is 11.2 Å². The van der Waals surface area contributed by atoms with Gasteiger partial charge in [-0.1, -0.05) is 30.3 Å². The van der Waals surface area contributed by atoms with Gasteiger partial charge in [0.15, 0.2) is 16.9 Å². The van der Waals surface area contributed by atoms with Gasteiger partial charge in [0.2, 0.25) is 5.91 Å². The van der Waals surface area contributed by atoms with Crippen molar-refractivity contribution in [3.05, 3.63) is 83.9 Å². The van der Waals surface area contributed by atoms with Crippen molar-refractivity contribution in [3.63, 3.8) is 0 Å². The van der Waals surface area contributed by atoms with Gasteiger partial charge < -0.3 is 15.2 Å². The lowest BCUT2D eigenvalue weighted by Gasteiger charge is -2.20. The second kappa shape index (κ2) is 9.52. The Bertz CT molecular complexity index is 1690. The van der Waals surface area contributed by atoms with E-state index in [4.69, 9.17) is 5.73 Å². The summed E-state index contributed by atoms with van der Waals surface area (Å²) in [6.45, 7) is 0.408. The lowest BCUT2D eigenvalue weighted by Crippen LogP contribution is -2.39. The van der Waals surface area contributed by atoms with E-state index in [1.165, 1.54) is 36.6 Å². The average Bonchev–Trinajstić information content (AvgIpc) is 3.28. The van der Waals surface area contributed by atoms with Crippen molar-refractivity contribution in [2.45, 2.75) is 25.9 Å². The Labute approximate surface area is 203 Å². The Kier molecular flexibility index (Phi) is 6.47. The summed E-state index contributed by atoms with van der Waals surface area (Å²) in [5.41, 5.74) is 4.97. The molecule has 0 bridgehead atoms. The molecule has 3 heterocycles. The zero-order valence-corrected chi connectivity index (χ0v) is 20.1. The number of nitrogens with two attached hydrogens (primary N) is 1. The molecule has 0 saturated carbocycles. The summed E-state index contributed by atoms with van der Waals surface area (Å²) in [7, 11) is 4.33. The summed E-state index contributed by atoms with van der Waals surface area (Å²) in [4.78, 5) is 70.0. The van der Waals surface area contributed by atoms with Crippen molar-refractivity contribution in [2.24, 2.45) is 14.1 Å². The largest absolute Gasteiger partial charge is 0.383 e. The van der Waals surface area contributed by atoms with E-state index >= 15 is 0 Å². The summed E-state index contributed by atoms with van der Waals surface area (Å²) in [6.07, 6.45) is 1.79. The number of rotatable bonds is 7. The normalized spacial score (nSPS) is 11.2. The van der Waals surface area contributed by atoms with Crippen LogP contribution in [0, 0.1) is 0 Å². The van der Waals surface area contributed by atoms with Crippen molar-refractivity contribution in [3.8, 4) is 0 Å². The standard InChI is InChI=1S/C23H26N8O5/c1-27(16-18(24)31(22(35)26-20(16)33)12-14-8-5-4-6-9-14)15(32)10-7-11-30-13-25-19-17(30)21(34)29(3)23(36)28(19)2/h4-6,8-9,13H,7,10-12,24H2,1-3H3,(H,26,33,35). The van der Waals surface area contributed by atoms with Crippen molar-refractivity contribution >= 4 is 28.6 Å². The SMILES string of the molecule is CN(C(=O)CCCn1cnc2c1c(=O)n(C)c(=O)n2C)c1c(N)n(Cc2ccccc2)c(=O)[nH]c1=O. The van der Waals surface area contributed by atoms with E-state index in [1.54, 1.807) is 4.57 Å². The second-order valence-corrected chi connectivity index (χ2v) is 8.44. The molecule has 0 aliphatic carbocycles. The molecule has 0 saturated heterocycles. The highest BCUT2D eigenvalue weighted by Gasteiger charge is 2.21. The predicted molar refractivity (Wildman–Crippen MR) is 134 cm³/mol. The van der Waals surface area contributed by atoms with E-state index < -0.39 is 28.4 Å². The number of aromatic amines is 1. The summed E-state index contributed by atoms with van der Waals surface area (Å²) < 4.78 is 5.07. The summed E-state index contributed by atoms with van der Waals surface area (Å²) in [5, 5.41) is 0. The van der Waals surface area contributed by atoms with Crippen molar-refractivity contribution < 1.29 is 4.79 Å². The number of carbonyl (C=O) groups excluding carboxylic acids is 1. The van der Waals surface area contributed by atoms with Crippen LogP contribution in [0.3, 0.4) is 0 Å². The first-order chi connectivity index (χ1) is 17.1. The average molecular weight is 495 g/mol. The summed E-state index contributed by atoms with van der Waals surface area (Å²) in [6, 6.07) is 9.11. The van der Waals surface area contributed by atoms with Crippen LogP contribution in [0.15, 0.2) is 55.8 Å². The van der Waals surface area contributed by atoms with Crippen molar-refractivity contribution in [1.82, 2.24) is 28.2 Å². The number of benzene rings is 1. The molecule has 1 aromatic carbocycles. The van der Waals surface area contributed by atoms with Gasteiger partial charge in [0.1, 0.15) is 5.82 Å². The van der Waals surface area contributed by atoms with E-state index in [9.17, 15) is 24.0 Å². The molecule has 0 unspecified atom stereocenters. The van der Waals surface area contributed by atoms with E-state index in [-0.39, 0.29) is 42.2 Å². The molecule has 188 valence electrons. The third-order valence-corrected chi connectivity index (χ3v) is 6.11. The first-order valence-corrected chi connectivity index (χ1v) is 11.2. The smallest absolute Gasteiger partial charge is 0.332 e. The van der Waals surface area contributed by atoms with Gasteiger partial charge in [-0.05, 0) is 12.0 Å². The van der Waals surface area contributed by atoms with Gasteiger partial charge in [-0.3, -0.25) is 33.1 Å². The number of nitrogens with zero attached hydrogens (tertiary/aromatic N) is 6. The van der Waals surface area contributed by atoms with Crippen LogP contribution in [-0.2, 0) is 32.0 Å². The van der Waals surface area contributed by atoms with Gasteiger partial charge in [0.25, 0.3) is 11.1 Å². The van der Waals surface area contributed by atoms with E-state index in [1.807, 2.05) is 30.3 Å². The minimum atomic E-state index is -0.761. The van der Waals surface area contributed by atoms with E-state index in [2.05, 4.69) is 9.97 Å². The number of H-pyrrole nitrogens is 1. The molecule has 4 rings (SSSR count). The van der Waals surface area contributed by atoms with Crippen molar-refractivity contribution in [2.75, 3.05) is 17.7 Å². The number of hydrogen-bond acceptors (Lipinski definition) is 7. The number of nitrogens with one attached hydrogen (secondary N) is 1. The van der Waals surface area contributed by atoms with Crippen LogP contribution in [-0.4, -0.2) is 41.2 Å². The molecule has 3 aromatic heterocycles. The monoisotopic (exact) mass is 494 g/mol. The fourth-order valence-corrected chi connectivity index (χ4v) is 4.08. The predicted octanol–water partition coefficient (Wildman–Crippen LogP) is -0.643. The fourth-order valence-electron chi connectivity index (χ4n) is 4.08. The number of fused-ring (bicyclic) bond motifs is 1. The molecule has 4 aromatic rings. The number of amides is 1. The molecule has 0 fully saturated rings. The Morgan fingerprint density at radius 1 is 1.08 bits per heavy atom. The maximum absolute atomic E-state index is 12.9. The first-order valence-electron chi connectivity index (χ1n) is 11.2. The lowest BCUT2D eigenvalue weighted by molar-refractivity contribution is -0.118. The molecule has 13 heteroatoms. The Morgan fingerprint density at radius 3 is 2.47 bits per heavy atom. The Morgan fingerprint density at radius 2 is 1.78 bits per heavy atom. The first kappa shape index (κ1) is 24.4. The fraction of sp³-hybridized carbons (Fsp3) is 0.304. The number of carbonyl (C=O) groups is 1. The number of hydrogen-bond donors (Lipinski definition) is 2. The Hall–Kier alpha value is -4.68. The molecule has 13 nitrogen and oxygen atoms in total. The number of aromatic nitrogens is 6. The summed E-state index contributed by atoms with van der Waals surface area (Å²) >= 11 is 0. The quantitative estimate of drug-likeness (QED) is 0.345. The molecule has 0 spiro atoms. The van der Waals surface area contributed by atoms with Crippen LogP contribution < -0.4 is 33.1 Å². The van der Waals surface area contributed by atoms with Crippen LogP contribution in [0.2, 0.25) is 0 Å². The molecular formula is C23H26N8O5. The summed E-state index contributed by atoms with van der Waals surface area (Å²) in [5.74, 6) is -0.518. The van der Waals surface area contributed by atoms with E-state index in [0.717, 1.165) is 15.0 Å². The van der Waals surface area contributed by atoms with Crippen molar-refractivity contribution in [1.29, 1.82) is 0 Å². The minimum Gasteiger partial charge on any atom is -0.383 e. The van der Waals surface area contributed by atoms with Gasteiger partial charge in [0, 0.05) is 34.1 Å². The van der Waals surface area contributed by atoms with Crippen LogP contribution in [0.4, 0.5) is 11.5 Å². The highest BCUT2D eigenvalue weighted by atomic mass is 16.2. The van der Waals surface area contributed by atoms with Crippen LogP contribution >= 0.6 is 0 Å². The zero-order valence-electron chi connectivity index (χ0n) is 20.1. The molecule has 1 amide bonds. The second-order valence-electron chi connectivity index (χ2n) is 8.44. The number of imidazole rings is 1. The van der Waals surface area contributed by atoms with Gasteiger partial charge in [-0.25, -0.2) is 14.6 Å². The van der Waals surface area contributed by atoms with E-state index in [0.29, 0.717) is 6.42 Å². The van der Waals surface area contributed by atoms with Crippen LogP contribution in [0.5, 0.6) is 0 Å². The third kappa shape index (κ3) is 4.26. The topological polar surface area (TPSA) is 163 Å². The van der Waals surface area contributed by atoms with Gasteiger partial charge in [-0.2, -0.15) is 0 Å². The maximum Gasteiger partial charge on any atom is 0.332 e. The molecule has 0 radical (unpaired) electrons. The number of nitrogen functional groups attached to an aromatic ring is 1. The molecule has 36 heavy (non-hydrogen) atoms. The highest BCUT2D eigenvalue weighted by molar-refractivity contribution is 5.95. The molecular weight excluding hydrogens is 468 g/mol. The van der Waals surface area contributed by atoms with Gasteiger partial charge >= 0.3 is 11.4 Å². The number of aryl methyl sites for hydroxylation is 2. The highest BCUT2D eigenvalue weighted by Crippen LogP contribution is 2.18. The molecule has 0 atom stereocenters. The number of anilines is 2. The molecule has 0 aliphatic rings. The lowest BCUT2D eigenvalue weighted by atomic mass is 10.2. The minimum absolute atomic E-state index is 0.0267. The van der Waals surface area contributed by atoms with Gasteiger partial charge in [-0.15, -0.1) is 0 Å².